The van der Waals surface area contributed by atoms with Crippen LogP contribution in [-0.4, -0.2) is 0 Å². The molecule has 0 saturated carbocycles. The minimum atomic E-state index is -0.148. The summed E-state index contributed by atoms with van der Waals surface area (Å²) in [5.74, 6) is 0. The predicted molar refractivity (Wildman–Crippen MR) is 93.7 cm³/mol. The molecule has 0 aliphatic heterocycles. The highest BCUT2D eigenvalue weighted by molar-refractivity contribution is 9.10. The average molecular weight is 358 g/mol. The van der Waals surface area contributed by atoms with Crippen LogP contribution in [0, 0.1) is 0 Å². The molecule has 0 heterocycles. The molecule has 0 spiro atoms. The zero-order chi connectivity index (χ0) is 14.7. The number of hydrogen-bond donors (Lipinski definition) is 0. The lowest BCUT2D eigenvalue weighted by molar-refractivity contribution is 1.13. The van der Waals surface area contributed by atoms with Crippen molar-refractivity contribution in [3.8, 4) is 11.1 Å². The summed E-state index contributed by atoms with van der Waals surface area (Å²) in [5.41, 5.74) is 4.61. The molecule has 0 amide bonds. The van der Waals surface area contributed by atoms with Gasteiger partial charge in [0.05, 0.1) is 5.38 Å². The Morgan fingerprint density at radius 3 is 1.90 bits per heavy atom. The lowest BCUT2D eigenvalue weighted by atomic mass is 10.00. The highest BCUT2D eigenvalue weighted by Crippen LogP contribution is 2.34. The molecule has 1 unspecified atom stereocenters. The third-order valence-electron chi connectivity index (χ3n) is 3.49. The number of rotatable bonds is 3. The molecule has 1 atom stereocenters. The van der Waals surface area contributed by atoms with E-state index in [0.717, 1.165) is 15.6 Å². The Hall–Kier alpha value is -1.57. The van der Waals surface area contributed by atoms with E-state index >= 15 is 0 Å². The van der Waals surface area contributed by atoms with Gasteiger partial charge in [0.1, 0.15) is 0 Å². The summed E-state index contributed by atoms with van der Waals surface area (Å²) in [6.45, 7) is 0. The Kier molecular flexibility index (Phi) is 4.42. The first-order valence-electron chi connectivity index (χ1n) is 6.79. The van der Waals surface area contributed by atoms with Crippen LogP contribution in [0.1, 0.15) is 16.5 Å². The van der Waals surface area contributed by atoms with Crippen LogP contribution in [0.25, 0.3) is 11.1 Å². The minimum absolute atomic E-state index is 0.148. The van der Waals surface area contributed by atoms with Crippen molar-refractivity contribution >= 4 is 27.5 Å². The first-order chi connectivity index (χ1) is 10.3. The first-order valence-corrected chi connectivity index (χ1v) is 8.02. The van der Waals surface area contributed by atoms with E-state index in [0.29, 0.717) is 0 Å². The van der Waals surface area contributed by atoms with Crippen molar-refractivity contribution in [3.63, 3.8) is 0 Å². The molecule has 21 heavy (non-hydrogen) atoms. The Balaban J connectivity index is 1.89. The van der Waals surface area contributed by atoms with Gasteiger partial charge in [0.2, 0.25) is 0 Å². The van der Waals surface area contributed by atoms with E-state index in [2.05, 4.69) is 64.5 Å². The Labute approximate surface area is 138 Å². The largest absolute Gasteiger partial charge is 0.113 e. The Morgan fingerprint density at radius 2 is 1.24 bits per heavy atom. The molecular formula is C19H14BrCl. The molecule has 3 rings (SSSR count). The smallest absolute Gasteiger partial charge is 0.0846 e. The second-order valence-electron chi connectivity index (χ2n) is 4.87. The molecule has 104 valence electrons. The van der Waals surface area contributed by atoms with E-state index < -0.39 is 0 Å². The fraction of sp³-hybridized carbons (Fsp3) is 0.0526. The molecule has 2 heteroatoms. The lowest BCUT2D eigenvalue weighted by Gasteiger charge is -2.13. The maximum absolute atomic E-state index is 6.61. The van der Waals surface area contributed by atoms with E-state index in [1.54, 1.807) is 0 Å². The Morgan fingerprint density at radius 1 is 0.667 bits per heavy atom. The monoisotopic (exact) mass is 356 g/mol. The van der Waals surface area contributed by atoms with Gasteiger partial charge in [-0.25, -0.2) is 0 Å². The fourth-order valence-corrected chi connectivity index (χ4v) is 3.32. The number of halogens is 2. The summed E-state index contributed by atoms with van der Waals surface area (Å²) < 4.78 is 1.04. The van der Waals surface area contributed by atoms with Crippen molar-refractivity contribution in [1.29, 1.82) is 0 Å². The quantitative estimate of drug-likeness (QED) is 0.473. The summed E-state index contributed by atoms with van der Waals surface area (Å²) in [6.07, 6.45) is 0. The zero-order valence-corrected chi connectivity index (χ0v) is 13.7. The highest BCUT2D eigenvalue weighted by atomic mass is 79.9. The number of benzene rings is 3. The van der Waals surface area contributed by atoms with Gasteiger partial charge in [0.15, 0.2) is 0 Å². The second-order valence-corrected chi connectivity index (χ2v) is 6.16. The van der Waals surface area contributed by atoms with Gasteiger partial charge in [-0.05, 0) is 28.3 Å². The normalized spacial score (nSPS) is 12.1. The third kappa shape index (κ3) is 3.20. The maximum atomic E-state index is 6.61. The molecule has 0 radical (unpaired) electrons. The average Bonchev–Trinajstić information content (AvgIpc) is 2.56. The van der Waals surface area contributed by atoms with Crippen molar-refractivity contribution in [2.24, 2.45) is 0 Å². The van der Waals surface area contributed by atoms with Crippen molar-refractivity contribution in [1.82, 2.24) is 0 Å². The summed E-state index contributed by atoms with van der Waals surface area (Å²) in [6, 6.07) is 26.9. The molecule has 0 aliphatic carbocycles. The SMILES string of the molecule is ClC(c1ccc(-c2ccccc2)cc1)c1ccccc1Br. The Bertz CT molecular complexity index is 720. The van der Waals surface area contributed by atoms with E-state index in [1.807, 2.05) is 30.3 Å². The molecule has 0 fully saturated rings. The summed E-state index contributed by atoms with van der Waals surface area (Å²) in [4.78, 5) is 0. The topological polar surface area (TPSA) is 0 Å². The zero-order valence-electron chi connectivity index (χ0n) is 11.3. The van der Waals surface area contributed by atoms with E-state index in [1.165, 1.54) is 11.1 Å². The van der Waals surface area contributed by atoms with Gasteiger partial charge >= 0.3 is 0 Å². The summed E-state index contributed by atoms with van der Waals surface area (Å²) in [5, 5.41) is -0.148. The highest BCUT2D eigenvalue weighted by Gasteiger charge is 2.13. The van der Waals surface area contributed by atoms with Crippen LogP contribution < -0.4 is 0 Å². The summed E-state index contributed by atoms with van der Waals surface area (Å²) in [7, 11) is 0. The summed E-state index contributed by atoms with van der Waals surface area (Å²) >= 11 is 10.2. The van der Waals surface area contributed by atoms with Gasteiger partial charge in [-0.1, -0.05) is 88.7 Å². The lowest BCUT2D eigenvalue weighted by Crippen LogP contribution is -1.94. The van der Waals surface area contributed by atoms with Crippen molar-refractivity contribution in [3.05, 3.63) is 94.5 Å². The molecule has 0 saturated heterocycles. The minimum Gasteiger partial charge on any atom is -0.113 e. The van der Waals surface area contributed by atoms with Gasteiger partial charge in [0, 0.05) is 4.47 Å². The van der Waals surface area contributed by atoms with Crippen molar-refractivity contribution < 1.29 is 0 Å². The van der Waals surface area contributed by atoms with E-state index in [4.69, 9.17) is 11.6 Å². The van der Waals surface area contributed by atoms with Gasteiger partial charge in [-0.15, -0.1) is 11.6 Å². The molecule has 0 aliphatic rings. The molecular weight excluding hydrogens is 344 g/mol. The molecule has 0 bridgehead atoms. The molecule has 0 nitrogen and oxygen atoms in total. The van der Waals surface area contributed by atoms with Crippen LogP contribution in [0.4, 0.5) is 0 Å². The first kappa shape index (κ1) is 14.4. The van der Waals surface area contributed by atoms with E-state index in [9.17, 15) is 0 Å². The third-order valence-corrected chi connectivity index (χ3v) is 4.70. The van der Waals surface area contributed by atoms with Crippen molar-refractivity contribution in [2.75, 3.05) is 0 Å². The van der Waals surface area contributed by atoms with E-state index in [-0.39, 0.29) is 5.38 Å². The standard InChI is InChI=1S/C19H14BrCl/c20-18-9-5-4-8-17(18)19(21)16-12-10-15(11-13-16)14-6-2-1-3-7-14/h1-13,19H. The van der Waals surface area contributed by atoms with Crippen LogP contribution >= 0.6 is 27.5 Å². The van der Waals surface area contributed by atoms with Crippen LogP contribution in [0.15, 0.2) is 83.3 Å². The molecule has 0 N–H and O–H groups in total. The molecule has 3 aromatic rings. The second kappa shape index (κ2) is 6.46. The number of alkyl halides is 1. The predicted octanol–water partition coefficient (Wildman–Crippen LogP) is 6.44. The fourth-order valence-electron chi connectivity index (χ4n) is 2.34. The maximum Gasteiger partial charge on any atom is 0.0846 e. The van der Waals surface area contributed by atoms with Crippen LogP contribution in [0.3, 0.4) is 0 Å². The van der Waals surface area contributed by atoms with Gasteiger partial charge in [-0.2, -0.15) is 0 Å². The number of hydrogen-bond acceptors (Lipinski definition) is 0. The van der Waals surface area contributed by atoms with Gasteiger partial charge in [0.25, 0.3) is 0 Å². The van der Waals surface area contributed by atoms with Crippen molar-refractivity contribution in [2.45, 2.75) is 5.38 Å². The molecule has 3 aromatic carbocycles. The van der Waals surface area contributed by atoms with Crippen LogP contribution in [0.2, 0.25) is 0 Å². The van der Waals surface area contributed by atoms with Gasteiger partial charge in [-0.3, -0.25) is 0 Å². The molecule has 0 aromatic heterocycles. The van der Waals surface area contributed by atoms with Gasteiger partial charge < -0.3 is 0 Å². The van der Waals surface area contributed by atoms with Crippen LogP contribution in [0.5, 0.6) is 0 Å². The van der Waals surface area contributed by atoms with Crippen LogP contribution in [-0.2, 0) is 0 Å².